The Balaban J connectivity index is 1.61. The Kier molecular flexibility index (Phi) is 7.06. The molecule has 0 spiro atoms. The first-order valence-electron chi connectivity index (χ1n) is 10.5. The van der Waals surface area contributed by atoms with E-state index in [1.54, 1.807) is 6.20 Å². The molecule has 3 rings (SSSR count). The highest BCUT2D eigenvalue weighted by Crippen LogP contribution is 2.31. The van der Waals surface area contributed by atoms with Crippen LogP contribution in [0.15, 0.2) is 36.5 Å². The van der Waals surface area contributed by atoms with Gasteiger partial charge in [0.15, 0.2) is 0 Å². The fourth-order valence-electron chi connectivity index (χ4n) is 4.21. The van der Waals surface area contributed by atoms with Crippen LogP contribution in [-0.4, -0.2) is 50.7 Å². The fraction of sp³-hybridized carbons (Fsp3) is 0.565. The van der Waals surface area contributed by atoms with Crippen LogP contribution in [0.3, 0.4) is 0 Å². The van der Waals surface area contributed by atoms with Gasteiger partial charge in [-0.05, 0) is 51.0 Å². The van der Waals surface area contributed by atoms with Gasteiger partial charge < -0.3 is 10.2 Å². The molecule has 2 aromatic rings. The minimum atomic E-state index is -0.0739. The summed E-state index contributed by atoms with van der Waals surface area (Å²) in [6.45, 7) is 11.1. The highest BCUT2D eigenvalue weighted by Gasteiger charge is 2.29. The van der Waals surface area contributed by atoms with Crippen LogP contribution in [0.2, 0.25) is 0 Å². The van der Waals surface area contributed by atoms with Gasteiger partial charge in [0.1, 0.15) is 5.82 Å². The van der Waals surface area contributed by atoms with Gasteiger partial charge >= 0.3 is 0 Å². The number of carbonyl (C=O) groups is 1. The van der Waals surface area contributed by atoms with Crippen molar-refractivity contribution in [2.24, 2.45) is 0 Å². The summed E-state index contributed by atoms with van der Waals surface area (Å²) in [5.74, 6) is 0.712. The van der Waals surface area contributed by atoms with Crippen LogP contribution in [0.5, 0.6) is 0 Å². The molecule has 0 radical (unpaired) electrons. The van der Waals surface area contributed by atoms with Crippen LogP contribution in [0.4, 0.5) is 5.82 Å². The van der Waals surface area contributed by atoms with Crippen LogP contribution >= 0.6 is 11.8 Å². The number of hydrogen-bond acceptors (Lipinski definition) is 4. The molecule has 1 fully saturated rings. The van der Waals surface area contributed by atoms with E-state index in [4.69, 9.17) is 0 Å². The van der Waals surface area contributed by atoms with Gasteiger partial charge in [0.05, 0.1) is 12.2 Å². The molecule has 2 heterocycles. The first-order valence-corrected chi connectivity index (χ1v) is 11.7. The topological polar surface area (TPSA) is 50.2 Å². The lowest BCUT2D eigenvalue weighted by molar-refractivity contribution is 0.102. The van der Waals surface area contributed by atoms with E-state index in [9.17, 15) is 4.79 Å². The summed E-state index contributed by atoms with van der Waals surface area (Å²) in [6, 6.07) is 10.5. The highest BCUT2D eigenvalue weighted by molar-refractivity contribution is 7.99. The number of thioether (sulfide) groups is 1. The molecule has 1 aromatic carbocycles. The highest BCUT2D eigenvalue weighted by atomic mass is 32.2. The van der Waals surface area contributed by atoms with Gasteiger partial charge in [-0.1, -0.05) is 32.0 Å². The Morgan fingerprint density at radius 2 is 1.97 bits per heavy atom. The fourth-order valence-corrected chi connectivity index (χ4v) is 4.62. The third kappa shape index (κ3) is 5.43. The van der Waals surface area contributed by atoms with Crippen molar-refractivity contribution >= 4 is 23.5 Å². The van der Waals surface area contributed by atoms with Crippen LogP contribution in [-0.2, 0) is 0 Å². The maximum atomic E-state index is 12.7. The van der Waals surface area contributed by atoms with E-state index in [0.717, 1.165) is 37.3 Å². The number of benzene rings is 1. The number of amides is 1. The number of aryl methyl sites for hydroxylation is 1. The minimum Gasteiger partial charge on any atom is -0.307 e. The van der Waals surface area contributed by atoms with Crippen LogP contribution in [0.1, 0.15) is 62.0 Å². The summed E-state index contributed by atoms with van der Waals surface area (Å²) in [5, 5.41) is 7.59. The molecule has 1 saturated heterocycles. The van der Waals surface area contributed by atoms with Crippen molar-refractivity contribution < 1.29 is 4.79 Å². The second kappa shape index (κ2) is 9.35. The van der Waals surface area contributed by atoms with Crippen LogP contribution in [0.25, 0.3) is 0 Å². The summed E-state index contributed by atoms with van der Waals surface area (Å²) in [4.78, 5) is 15.3. The lowest BCUT2D eigenvalue weighted by Gasteiger charge is -2.39. The molecule has 1 unspecified atom stereocenters. The maximum absolute atomic E-state index is 12.7. The Bertz CT molecular complexity index is 824. The molecule has 1 aliphatic rings. The lowest BCUT2D eigenvalue weighted by Crippen LogP contribution is -2.43. The van der Waals surface area contributed by atoms with Gasteiger partial charge in [0, 0.05) is 35.5 Å². The summed E-state index contributed by atoms with van der Waals surface area (Å²) in [5.41, 5.74) is 1.69. The predicted molar refractivity (Wildman–Crippen MR) is 123 cm³/mol. The first-order chi connectivity index (χ1) is 13.8. The quantitative estimate of drug-likeness (QED) is 0.693. The Morgan fingerprint density at radius 3 is 2.62 bits per heavy atom. The van der Waals surface area contributed by atoms with Crippen molar-refractivity contribution in [2.45, 2.75) is 63.8 Å². The molecule has 5 nitrogen and oxygen atoms in total. The number of anilines is 1. The third-order valence-corrected chi connectivity index (χ3v) is 7.38. The number of hydrogen-bond donors (Lipinski definition) is 1. The number of rotatable bonds is 7. The minimum absolute atomic E-state index is 0.0739. The molecule has 1 aliphatic heterocycles. The zero-order valence-corrected chi connectivity index (χ0v) is 19.1. The van der Waals surface area contributed by atoms with Gasteiger partial charge in [0.2, 0.25) is 0 Å². The summed E-state index contributed by atoms with van der Waals surface area (Å²) in [7, 11) is 0. The van der Waals surface area contributed by atoms with E-state index in [-0.39, 0.29) is 5.91 Å². The van der Waals surface area contributed by atoms with Gasteiger partial charge in [-0.25, -0.2) is 4.68 Å². The maximum Gasteiger partial charge on any atom is 0.257 e. The molecule has 1 aromatic heterocycles. The SMILES string of the molecule is CSC(C)(C)CC(C)N1CCC(n2nccc2NC(=O)c2ccccc2C)CC1. The second-order valence-electron chi connectivity index (χ2n) is 8.71. The summed E-state index contributed by atoms with van der Waals surface area (Å²) < 4.78 is 2.31. The summed E-state index contributed by atoms with van der Waals surface area (Å²) in [6.07, 6.45) is 7.28. The van der Waals surface area contributed by atoms with E-state index in [1.165, 1.54) is 6.42 Å². The van der Waals surface area contributed by atoms with Crippen molar-refractivity contribution in [3.63, 3.8) is 0 Å². The van der Waals surface area contributed by atoms with Gasteiger partial charge in [-0.2, -0.15) is 16.9 Å². The van der Waals surface area contributed by atoms with E-state index in [0.29, 0.717) is 22.4 Å². The van der Waals surface area contributed by atoms with E-state index < -0.39 is 0 Å². The average molecular weight is 415 g/mol. The molecule has 1 N–H and O–H groups in total. The Morgan fingerprint density at radius 1 is 1.28 bits per heavy atom. The molecule has 29 heavy (non-hydrogen) atoms. The van der Waals surface area contributed by atoms with Gasteiger partial charge in [-0.3, -0.25) is 4.79 Å². The van der Waals surface area contributed by atoms with Crippen LogP contribution in [0, 0.1) is 6.92 Å². The van der Waals surface area contributed by atoms with Crippen molar-refractivity contribution in [3.8, 4) is 0 Å². The number of nitrogens with one attached hydrogen (secondary N) is 1. The van der Waals surface area contributed by atoms with Crippen molar-refractivity contribution in [1.82, 2.24) is 14.7 Å². The first kappa shape index (κ1) is 21.9. The molecule has 0 saturated carbocycles. The predicted octanol–water partition coefficient (Wildman–Crippen LogP) is 5.00. The Labute approximate surface area is 179 Å². The molecule has 6 heteroatoms. The molecular formula is C23H34N4OS. The zero-order chi connectivity index (χ0) is 21.0. The van der Waals surface area contributed by atoms with Crippen molar-refractivity contribution in [1.29, 1.82) is 0 Å². The standard InChI is InChI=1S/C23H34N4OS/c1-17-8-6-7-9-20(17)22(28)25-21-10-13-24-27(21)19-11-14-26(15-12-19)18(2)16-23(3,4)29-5/h6-10,13,18-19H,11-12,14-16H2,1-5H3,(H,25,28). The number of carbonyl (C=O) groups excluding carboxylic acids is 1. The number of piperidine rings is 1. The monoisotopic (exact) mass is 414 g/mol. The lowest BCUT2D eigenvalue weighted by atomic mass is 9.98. The average Bonchev–Trinajstić information content (AvgIpc) is 3.16. The number of aromatic nitrogens is 2. The molecule has 1 amide bonds. The molecule has 1 atom stereocenters. The van der Waals surface area contributed by atoms with E-state index >= 15 is 0 Å². The van der Waals surface area contributed by atoms with Crippen molar-refractivity contribution in [3.05, 3.63) is 47.7 Å². The normalized spacial score (nSPS) is 17.3. The largest absolute Gasteiger partial charge is 0.307 e. The van der Waals surface area contributed by atoms with Crippen LogP contribution < -0.4 is 5.32 Å². The second-order valence-corrected chi connectivity index (χ2v) is 10.2. The van der Waals surface area contributed by atoms with Crippen molar-refractivity contribution in [2.75, 3.05) is 24.7 Å². The van der Waals surface area contributed by atoms with Gasteiger partial charge in [0.25, 0.3) is 5.91 Å². The number of nitrogens with zero attached hydrogens (tertiary/aromatic N) is 3. The molecule has 158 valence electrons. The number of likely N-dealkylation sites (tertiary alicyclic amines) is 1. The molecular weight excluding hydrogens is 380 g/mol. The Hall–Kier alpha value is -1.79. The molecule has 0 bridgehead atoms. The zero-order valence-electron chi connectivity index (χ0n) is 18.3. The van der Waals surface area contributed by atoms with E-state index in [1.807, 2.05) is 53.7 Å². The van der Waals surface area contributed by atoms with E-state index in [2.05, 4.69) is 42.3 Å². The summed E-state index contributed by atoms with van der Waals surface area (Å²) >= 11 is 1.94. The van der Waals surface area contributed by atoms with Gasteiger partial charge in [-0.15, -0.1) is 0 Å². The third-order valence-electron chi connectivity index (χ3n) is 6.11. The molecule has 0 aliphatic carbocycles. The smallest absolute Gasteiger partial charge is 0.257 e.